The van der Waals surface area contributed by atoms with Crippen molar-refractivity contribution in [2.75, 3.05) is 26.8 Å². The lowest BCUT2D eigenvalue weighted by Crippen LogP contribution is -2.47. The molecule has 0 bridgehead atoms. The first-order valence-corrected chi connectivity index (χ1v) is 5.56. The second-order valence-corrected chi connectivity index (χ2v) is 3.95. The first-order chi connectivity index (χ1) is 7.27. The fourth-order valence-corrected chi connectivity index (χ4v) is 1.80. The molecule has 1 heterocycles. The van der Waals surface area contributed by atoms with Gasteiger partial charge in [-0.15, -0.1) is 0 Å². The molecule has 0 spiro atoms. The summed E-state index contributed by atoms with van der Waals surface area (Å²) in [5, 5.41) is 0. The Kier molecular flexibility index (Phi) is 5.42. The Morgan fingerprint density at radius 3 is 2.67 bits per heavy atom. The Balaban J connectivity index is 2.51. The summed E-state index contributed by atoms with van der Waals surface area (Å²) < 4.78 is 5.04. The minimum absolute atomic E-state index is 0.142. The molecule has 0 aromatic heterocycles. The van der Waals surface area contributed by atoms with E-state index in [2.05, 4.69) is 15.3 Å². The molecular weight excluding hydrogens is 192 g/mol. The molecule has 15 heavy (non-hydrogen) atoms. The number of methoxy groups -OCH3 is 1. The van der Waals surface area contributed by atoms with Gasteiger partial charge in [-0.05, 0) is 26.2 Å². The average molecular weight is 214 g/mol. The molecular formula is C10H22N4O. The average Bonchev–Trinajstić information content (AvgIpc) is 2.27. The van der Waals surface area contributed by atoms with Crippen molar-refractivity contribution >= 4 is 5.96 Å². The number of nitrogens with two attached hydrogens (primary N) is 1. The molecule has 0 saturated carbocycles. The fourth-order valence-electron chi connectivity index (χ4n) is 1.80. The number of hydrogen-bond donors (Lipinski definition) is 2. The molecule has 1 rings (SSSR count). The van der Waals surface area contributed by atoms with Gasteiger partial charge < -0.3 is 9.64 Å². The molecule has 88 valence electrons. The molecule has 0 aromatic carbocycles. The number of guanidine groups is 1. The lowest BCUT2D eigenvalue weighted by atomic mass is 10.1. The maximum Gasteiger partial charge on any atom is 0.208 e. The summed E-state index contributed by atoms with van der Waals surface area (Å²) in [5.41, 5.74) is 2.68. The molecule has 1 aliphatic heterocycles. The smallest absolute Gasteiger partial charge is 0.208 e. The van der Waals surface area contributed by atoms with E-state index < -0.39 is 0 Å². The number of hydrogen-bond acceptors (Lipinski definition) is 3. The number of nitrogens with one attached hydrogen (secondary N) is 1. The van der Waals surface area contributed by atoms with Crippen molar-refractivity contribution < 1.29 is 4.74 Å². The largest absolute Gasteiger partial charge is 0.382 e. The van der Waals surface area contributed by atoms with E-state index in [0.717, 1.165) is 19.0 Å². The van der Waals surface area contributed by atoms with Crippen LogP contribution in [-0.2, 0) is 4.74 Å². The van der Waals surface area contributed by atoms with Gasteiger partial charge in [0.15, 0.2) is 0 Å². The van der Waals surface area contributed by atoms with E-state index in [1.807, 2.05) is 6.92 Å². The highest BCUT2D eigenvalue weighted by Crippen LogP contribution is 2.08. The zero-order chi connectivity index (χ0) is 11.1. The van der Waals surface area contributed by atoms with Gasteiger partial charge in [-0.1, -0.05) is 0 Å². The molecule has 1 atom stereocenters. The van der Waals surface area contributed by atoms with Crippen LogP contribution in [0.3, 0.4) is 0 Å². The monoisotopic (exact) mass is 214 g/mol. The fraction of sp³-hybridized carbons (Fsp3) is 0.900. The van der Waals surface area contributed by atoms with E-state index in [1.54, 1.807) is 7.11 Å². The zero-order valence-corrected chi connectivity index (χ0v) is 9.70. The van der Waals surface area contributed by atoms with Crippen molar-refractivity contribution in [3.63, 3.8) is 0 Å². The molecule has 0 aromatic rings. The molecule has 1 fully saturated rings. The summed E-state index contributed by atoms with van der Waals surface area (Å²) in [5.74, 6) is 6.28. The highest BCUT2D eigenvalue weighted by Gasteiger charge is 2.14. The number of nitrogens with zero attached hydrogens (tertiary/aromatic N) is 2. The van der Waals surface area contributed by atoms with Crippen LogP contribution < -0.4 is 11.3 Å². The Hall–Kier alpha value is -0.810. The summed E-state index contributed by atoms with van der Waals surface area (Å²) in [7, 11) is 1.68. The molecule has 3 N–H and O–H groups in total. The van der Waals surface area contributed by atoms with E-state index >= 15 is 0 Å². The van der Waals surface area contributed by atoms with E-state index in [-0.39, 0.29) is 6.04 Å². The summed E-state index contributed by atoms with van der Waals surface area (Å²) in [4.78, 5) is 6.69. The maximum absolute atomic E-state index is 5.48. The van der Waals surface area contributed by atoms with Gasteiger partial charge in [-0.3, -0.25) is 5.43 Å². The molecule has 5 heteroatoms. The molecule has 5 nitrogen and oxygen atoms in total. The number of aliphatic imine (C=N–C) groups is 1. The maximum atomic E-state index is 5.48. The van der Waals surface area contributed by atoms with E-state index in [0.29, 0.717) is 6.61 Å². The van der Waals surface area contributed by atoms with Crippen LogP contribution in [0.2, 0.25) is 0 Å². The molecule has 0 aliphatic carbocycles. The van der Waals surface area contributed by atoms with Crippen LogP contribution in [0.1, 0.15) is 26.2 Å². The predicted octanol–water partition coefficient (Wildman–Crippen LogP) is 0.327. The molecule has 1 aliphatic rings. The highest BCUT2D eigenvalue weighted by atomic mass is 16.5. The Morgan fingerprint density at radius 1 is 1.47 bits per heavy atom. The minimum Gasteiger partial charge on any atom is -0.382 e. The molecule has 0 radical (unpaired) electrons. The first-order valence-electron chi connectivity index (χ1n) is 5.56. The second-order valence-electron chi connectivity index (χ2n) is 3.95. The van der Waals surface area contributed by atoms with E-state index in [4.69, 9.17) is 10.6 Å². The van der Waals surface area contributed by atoms with Crippen molar-refractivity contribution in [3.05, 3.63) is 0 Å². The number of rotatable bonds is 3. The van der Waals surface area contributed by atoms with Gasteiger partial charge >= 0.3 is 0 Å². The third-order valence-electron chi connectivity index (χ3n) is 2.54. The third kappa shape index (κ3) is 4.05. The second kappa shape index (κ2) is 6.63. The molecule has 1 unspecified atom stereocenters. The van der Waals surface area contributed by atoms with Gasteiger partial charge in [0, 0.05) is 20.2 Å². The standard InChI is InChI=1S/C10H22N4O/c1-9(8-15-2)12-10(13-11)14-6-4-3-5-7-14/h9H,3-8,11H2,1-2H3,(H,12,13). The quantitative estimate of drug-likeness (QED) is 0.307. The normalized spacial score (nSPS) is 20.2. The summed E-state index contributed by atoms with van der Waals surface area (Å²) in [6.07, 6.45) is 3.75. The van der Waals surface area contributed by atoms with E-state index in [1.165, 1.54) is 19.3 Å². The van der Waals surface area contributed by atoms with Crippen LogP contribution in [0.4, 0.5) is 0 Å². The lowest BCUT2D eigenvalue weighted by Gasteiger charge is -2.29. The van der Waals surface area contributed by atoms with Gasteiger partial charge in [0.25, 0.3) is 0 Å². The summed E-state index contributed by atoms with van der Waals surface area (Å²) in [6.45, 7) is 4.73. The van der Waals surface area contributed by atoms with Crippen molar-refractivity contribution in [2.24, 2.45) is 10.8 Å². The first kappa shape index (κ1) is 12.3. The van der Waals surface area contributed by atoms with Gasteiger partial charge in [0.05, 0.1) is 12.6 Å². The number of piperidine rings is 1. The Bertz CT molecular complexity index is 202. The number of ether oxygens (including phenoxy) is 1. The summed E-state index contributed by atoms with van der Waals surface area (Å²) >= 11 is 0. The predicted molar refractivity (Wildman–Crippen MR) is 61.5 cm³/mol. The lowest BCUT2D eigenvalue weighted by molar-refractivity contribution is 0.184. The summed E-state index contributed by atoms with van der Waals surface area (Å²) in [6, 6.07) is 0.142. The van der Waals surface area contributed by atoms with Crippen LogP contribution in [-0.4, -0.2) is 43.7 Å². The van der Waals surface area contributed by atoms with Crippen molar-refractivity contribution in [3.8, 4) is 0 Å². The van der Waals surface area contributed by atoms with Crippen LogP contribution in [0.15, 0.2) is 4.99 Å². The number of likely N-dealkylation sites (tertiary alicyclic amines) is 1. The Morgan fingerprint density at radius 2 is 2.13 bits per heavy atom. The number of hydrazine groups is 1. The molecule has 1 saturated heterocycles. The minimum atomic E-state index is 0.142. The van der Waals surface area contributed by atoms with Crippen LogP contribution in [0.25, 0.3) is 0 Å². The zero-order valence-electron chi connectivity index (χ0n) is 9.70. The van der Waals surface area contributed by atoms with Gasteiger partial charge in [-0.25, -0.2) is 10.8 Å². The Labute approximate surface area is 91.6 Å². The van der Waals surface area contributed by atoms with Gasteiger partial charge in [-0.2, -0.15) is 0 Å². The van der Waals surface area contributed by atoms with Crippen LogP contribution >= 0.6 is 0 Å². The van der Waals surface area contributed by atoms with Crippen molar-refractivity contribution in [1.82, 2.24) is 10.3 Å². The van der Waals surface area contributed by atoms with Crippen LogP contribution in [0.5, 0.6) is 0 Å². The van der Waals surface area contributed by atoms with Gasteiger partial charge in [0.2, 0.25) is 5.96 Å². The highest BCUT2D eigenvalue weighted by molar-refractivity contribution is 5.79. The van der Waals surface area contributed by atoms with Crippen molar-refractivity contribution in [1.29, 1.82) is 0 Å². The van der Waals surface area contributed by atoms with Crippen molar-refractivity contribution in [2.45, 2.75) is 32.2 Å². The van der Waals surface area contributed by atoms with Gasteiger partial charge in [0.1, 0.15) is 0 Å². The van der Waals surface area contributed by atoms with Crippen LogP contribution in [0, 0.1) is 0 Å². The van der Waals surface area contributed by atoms with E-state index in [9.17, 15) is 0 Å². The molecule has 0 amide bonds. The SMILES string of the molecule is COCC(C)N=C(NN)N1CCCCC1. The topological polar surface area (TPSA) is 62.9 Å². The third-order valence-corrected chi connectivity index (χ3v) is 2.54.